The van der Waals surface area contributed by atoms with Crippen molar-refractivity contribution in [3.63, 3.8) is 0 Å². The van der Waals surface area contributed by atoms with E-state index in [1.165, 1.54) is 0 Å². The van der Waals surface area contributed by atoms with Crippen LogP contribution in [0.15, 0.2) is 154 Å². The Morgan fingerprint density at radius 3 is 1.31 bits per heavy atom. The van der Waals surface area contributed by atoms with Crippen molar-refractivity contribution in [3.8, 4) is 34.1 Å². The first-order valence-electron chi connectivity index (χ1n) is 17.2. The van der Waals surface area contributed by atoms with Crippen molar-refractivity contribution in [2.45, 2.75) is 13.2 Å². The van der Waals surface area contributed by atoms with E-state index in [1.807, 2.05) is 109 Å². The van der Waals surface area contributed by atoms with Crippen molar-refractivity contribution in [2.24, 2.45) is 0 Å². The Hall–Kier alpha value is -6.60. The van der Waals surface area contributed by atoms with Crippen LogP contribution in [0, 0.1) is 0 Å². The maximum atomic E-state index is 9.92. The topological polar surface area (TPSA) is 85.2 Å². The normalized spacial score (nSPS) is 11.8. The SMILES string of the molecule is OCc1cccc2c1oc1ccc(Oc3ccc4ccccc4c3-c3c(Oc4ccc5oc6c(CO)cccc6c5c4)ccc4ccccc34)cc12. The molecule has 250 valence electrons. The Bertz CT molecular complexity index is 2800. The van der Waals surface area contributed by atoms with Gasteiger partial charge in [-0.05, 0) is 70.1 Å². The van der Waals surface area contributed by atoms with Crippen LogP contribution in [0.4, 0.5) is 0 Å². The third-order valence-electron chi connectivity index (χ3n) is 9.93. The van der Waals surface area contributed by atoms with Gasteiger partial charge in [0.2, 0.25) is 0 Å². The van der Waals surface area contributed by atoms with Crippen LogP contribution in [0.25, 0.3) is 76.5 Å². The molecule has 10 rings (SSSR count). The van der Waals surface area contributed by atoms with Gasteiger partial charge < -0.3 is 28.5 Å². The summed E-state index contributed by atoms with van der Waals surface area (Å²) >= 11 is 0. The molecule has 0 aliphatic carbocycles. The number of aliphatic hydroxyl groups is 2. The van der Waals surface area contributed by atoms with E-state index in [0.717, 1.165) is 76.5 Å². The molecule has 0 fully saturated rings. The first-order valence-corrected chi connectivity index (χ1v) is 17.2. The maximum Gasteiger partial charge on any atom is 0.140 e. The smallest absolute Gasteiger partial charge is 0.140 e. The van der Waals surface area contributed by atoms with E-state index in [9.17, 15) is 10.2 Å². The van der Waals surface area contributed by atoms with E-state index < -0.39 is 0 Å². The summed E-state index contributed by atoms with van der Waals surface area (Å²) in [6, 6.07) is 48.1. The highest BCUT2D eigenvalue weighted by atomic mass is 16.5. The molecule has 0 atom stereocenters. The van der Waals surface area contributed by atoms with Crippen LogP contribution in [0.1, 0.15) is 11.1 Å². The van der Waals surface area contributed by atoms with Gasteiger partial charge in [0.1, 0.15) is 45.3 Å². The monoisotopic (exact) mass is 678 g/mol. The Morgan fingerprint density at radius 1 is 0.404 bits per heavy atom. The van der Waals surface area contributed by atoms with Crippen molar-refractivity contribution in [3.05, 3.63) is 157 Å². The summed E-state index contributed by atoms with van der Waals surface area (Å²) < 4.78 is 26.0. The molecule has 0 bridgehead atoms. The molecule has 2 aromatic heterocycles. The summed E-state index contributed by atoms with van der Waals surface area (Å²) in [5, 5.41) is 27.7. The van der Waals surface area contributed by atoms with Gasteiger partial charge in [-0.25, -0.2) is 0 Å². The minimum atomic E-state index is -0.104. The number of hydrogen-bond donors (Lipinski definition) is 2. The highest BCUT2D eigenvalue weighted by Crippen LogP contribution is 2.48. The maximum absolute atomic E-state index is 9.92. The van der Waals surface area contributed by atoms with Crippen LogP contribution in [0.2, 0.25) is 0 Å². The molecule has 0 saturated heterocycles. The van der Waals surface area contributed by atoms with Gasteiger partial charge in [-0.3, -0.25) is 0 Å². The number of benzene rings is 8. The lowest BCUT2D eigenvalue weighted by Crippen LogP contribution is -1.95. The Balaban J connectivity index is 1.16. The third kappa shape index (κ3) is 4.81. The summed E-state index contributed by atoms with van der Waals surface area (Å²) in [7, 11) is 0. The van der Waals surface area contributed by atoms with Crippen LogP contribution in [0.3, 0.4) is 0 Å². The van der Waals surface area contributed by atoms with E-state index in [-0.39, 0.29) is 13.2 Å². The zero-order chi connectivity index (χ0) is 34.8. The number of aliphatic hydroxyl groups excluding tert-OH is 2. The van der Waals surface area contributed by atoms with Crippen molar-refractivity contribution in [2.75, 3.05) is 0 Å². The van der Waals surface area contributed by atoms with Gasteiger partial charge in [0.25, 0.3) is 0 Å². The number of ether oxygens (including phenoxy) is 2. The Morgan fingerprint density at radius 2 is 0.846 bits per heavy atom. The van der Waals surface area contributed by atoms with Gasteiger partial charge in [-0.1, -0.05) is 97.1 Å². The fourth-order valence-corrected chi connectivity index (χ4v) is 7.49. The van der Waals surface area contributed by atoms with Crippen molar-refractivity contribution in [1.82, 2.24) is 0 Å². The molecule has 0 aliphatic heterocycles. The van der Waals surface area contributed by atoms with E-state index in [1.54, 1.807) is 0 Å². The molecule has 0 radical (unpaired) electrons. The Labute approximate surface area is 297 Å². The van der Waals surface area contributed by atoms with Gasteiger partial charge in [0.05, 0.1) is 13.2 Å². The fraction of sp³-hybridized carbons (Fsp3) is 0.0435. The second-order valence-corrected chi connectivity index (χ2v) is 12.9. The number of fused-ring (bicyclic) bond motifs is 8. The average Bonchev–Trinajstić information content (AvgIpc) is 3.76. The standard InChI is InChI=1S/C46H30O6/c47-25-29-9-5-13-35-37-23-31(17-21-39(37)51-45(29)35)49-41-19-15-27-7-1-3-11-33(27)43(41)44-34-12-4-2-8-28(34)16-20-42(44)50-32-18-22-40-38(24-32)36-14-6-10-30(26-48)46(36)52-40/h1-24,47-48H,25-26H2. The van der Waals surface area contributed by atoms with Crippen LogP contribution < -0.4 is 9.47 Å². The largest absolute Gasteiger partial charge is 0.457 e. The van der Waals surface area contributed by atoms with Crippen molar-refractivity contribution in [1.29, 1.82) is 0 Å². The average molecular weight is 679 g/mol. The highest BCUT2D eigenvalue weighted by molar-refractivity contribution is 6.11. The predicted octanol–water partition coefficient (Wildman–Crippen LogP) is 12.0. The molecule has 52 heavy (non-hydrogen) atoms. The van der Waals surface area contributed by atoms with Crippen LogP contribution >= 0.6 is 0 Å². The van der Waals surface area contributed by atoms with Crippen molar-refractivity contribution >= 4 is 65.4 Å². The molecule has 2 heterocycles. The number of furan rings is 2. The second kappa shape index (κ2) is 12.0. The number of para-hydroxylation sites is 2. The molecule has 0 unspecified atom stereocenters. The van der Waals surface area contributed by atoms with E-state index in [0.29, 0.717) is 34.2 Å². The molecule has 6 nitrogen and oxygen atoms in total. The Kier molecular flexibility index (Phi) is 6.99. The van der Waals surface area contributed by atoms with Crippen LogP contribution in [0.5, 0.6) is 23.0 Å². The summed E-state index contributed by atoms with van der Waals surface area (Å²) in [6.07, 6.45) is 0. The minimum Gasteiger partial charge on any atom is -0.457 e. The molecule has 10 aromatic rings. The van der Waals surface area contributed by atoms with Gasteiger partial charge in [-0.15, -0.1) is 0 Å². The molecule has 6 heteroatoms. The molecule has 8 aromatic carbocycles. The minimum absolute atomic E-state index is 0.104. The van der Waals surface area contributed by atoms with Crippen LogP contribution in [-0.2, 0) is 13.2 Å². The molecule has 0 saturated carbocycles. The summed E-state index contributed by atoms with van der Waals surface area (Å²) in [6.45, 7) is -0.207. The summed E-state index contributed by atoms with van der Waals surface area (Å²) in [5.41, 5.74) is 6.11. The molecule has 0 amide bonds. The van der Waals surface area contributed by atoms with Gasteiger partial charge >= 0.3 is 0 Å². The zero-order valence-electron chi connectivity index (χ0n) is 27.8. The van der Waals surface area contributed by atoms with E-state index >= 15 is 0 Å². The van der Waals surface area contributed by atoms with E-state index in [4.69, 9.17) is 18.3 Å². The number of rotatable bonds is 7. The second-order valence-electron chi connectivity index (χ2n) is 12.9. The quantitative estimate of drug-likeness (QED) is 0.174. The zero-order valence-corrected chi connectivity index (χ0v) is 27.8. The summed E-state index contributed by atoms with van der Waals surface area (Å²) in [5.74, 6) is 2.67. The highest BCUT2D eigenvalue weighted by Gasteiger charge is 2.21. The first-order chi connectivity index (χ1) is 25.7. The van der Waals surface area contributed by atoms with Gasteiger partial charge in [-0.2, -0.15) is 0 Å². The molecular formula is C46H30O6. The lowest BCUT2D eigenvalue weighted by molar-refractivity contribution is 0.281. The predicted molar refractivity (Wildman–Crippen MR) is 206 cm³/mol. The molecular weight excluding hydrogens is 648 g/mol. The number of hydrogen-bond acceptors (Lipinski definition) is 6. The fourth-order valence-electron chi connectivity index (χ4n) is 7.49. The lowest BCUT2D eigenvalue weighted by atomic mass is 9.92. The van der Waals surface area contributed by atoms with Crippen molar-refractivity contribution < 1.29 is 28.5 Å². The molecule has 2 N–H and O–H groups in total. The van der Waals surface area contributed by atoms with Gasteiger partial charge in [0, 0.05) is 43.8 Å². The lowest BCUT2D eigenvalue weighted by Gasteiger charge is -2.19. The third-order valence-corrected chi connectivity index (χ3v) is 9.93. The van der Waals surface area contributed by atoms with Gasteiger partial charge in [0.15, 0.2) is 0 Å². The summed E-state index contributed by atoms with van der Waals surface area (Å²) in [4.78, 5) is 0. The first kappa shape index (κ1) is 30.2. The molecule has 0 spiro atoms. The molecule has 0 aliphatic rings. The van der Waals surface area contributed by atoms with Crippen LogP contribution in [-0.4, -0.2) is 10.2 Å². The van der Waals surface area contributed by atoms with E-state index in [2.05, 4.69) is 36.4 Å².